The van der Waals surface area contributed by atoms with Gasteiger partial charge in [0.25, 0.3) is 0 Å². The van der Waals surface area contributed by atoms with Crippen molar-refractivity contribution in [3.05, 3.63) is 42.2 Å². The number of aryl methyl sites for hydroxylation is 1. The molecule has 1 unspecified atom stereocenters. The van der Waals surface area contributed by atoms with Gasteiger partial charge in [0.1, 0.15) is 0 Å². The normalized spacial score (nSPS) is 16.8. The molecule has 1 nitrogen and oxygen atoms in total. The van der Waals surface area contributed by atoms with Crippen molar-refractivity contribution in [1.29, 1.82) is 0 Å². The molecular formula is C12H12BrNS3. The largest absolute Gasteiger partial charge is 0.319 e. The Bertz CT molecular complexity index is 508. The number of thiophene rings is 2. The van der Waals surface area contributed by atoms with Crippen molar-refractivity contribution in [2.24, 2.45) is 5.73 Å². The Morgan fingerprint density at radius 2 is 2.29 bits per heavy atom. The van der Waals surface area contributed by atoms with E-state index in [0.717, 1.165) is 10.2 Å². The van der Waals surface area contributed by atoms with E-state index in [0.29, 0.717) is 0 Å². The van der Waals surface area contributed by atoms with Gasteiger partial charge in [-0.05, 0) is 51.2 Å². The summed E-state index contributed by atoms with van der Waals surface area (Å²) in [7, 11) is 0. The molecule has 0 aliphatic carbocycles. The third-order valence-corrected chi connectivity index (χ3v) is 7.16. The highest BCUT2D eigenvalue weighted by molar-refractivity contribution is 9.10. The third kappa shape index (κ3) is 2.36. The fourth-order valence-corrected chi connectivity index (χ4v) is 6.08. The molecule has 0 bridgehead atoms. The van der Waals surface area contributed by atoms with E-state index in [1.807, 2.05) is 23.1 Å². The first-order valence-electron chi connectivity index (χ1n) is 5.43. The van der Waals surface area contributed by atoms with Gasteiger partial charge in [-0.25, -0.2) is 0 Å². The maximum absolute atomic E-state index is 6.36. The summed E-state index contributed by atoms with van der Waals surface area (Å²) in [5.74, 6) is 2.41. The van der Waals surface area contributed by atoms with Crippen LogP contribution in [0.15, 0.2) is 22.0 Å². The number of hydrogen-bond acceptors (Lipinski definition) is 4. The minimum Gasteiger partial charge on any atom is -0.319 e. The Kier molecular flexibility index (Phi) is 3.64. The number of hydrogen-bond donors (Lipinski definition) is 1. The summed E-state index contributed by atoms with van der Waals surface area (Å²) in [6.07, 6.45) is 1.21. The van der Waals surface area contributed by atoms with Crippen LogP contribution in [-0.4, -0.2) is 5.75 Å². The van der Waals surface area contributed by atoms with E-state index in [1.54, 1.807) is 16.2 Å². The van der Waals surface area contributed by atoms with Crippen molar-refractivity contribution in [1.82, 2.24) is 0 Å². The molecule has 0 radical (unpaired) electrons. The maximum atomic E-state index is 6.36. The van der Waals surface area contributed by atoms with Gasteiger partial charge < -0.3 is 5.73 Å². The highest BCUT2D eigenvalue weighted by Gasteiger charge is 2.20. The van der Waals surface area contributed by atoms with Crippen LogP contribution in [-0.2, 0) is 12.2 Å². The molecule has 2 aromatic heterocycles. The summed E-state index contributed by atoms with van der Waals surface area (Å²) >= 11 is 9.22. The second-order valence-electron chi connectivity index (χ2n) is 4.01. The van der Waals surface area contributed by atoms with Crippen LogP contribution in [0.25, 0.3) is 0 Å². The van der Waals surface area contributed by atoms with Gasteiger partial charge in [-0.1, -0.05) is 0 Å². The Balaban J connectivity index is 1.94. The Labute approximate surface area is 122 Å². The standard InChI is InChI=1S/C12H12BrNS3/c13-8-1-4-16-12(8)11(14)10-5-7-6-15-3-2-9(7)17-10/h1,4-5,11H,2-3,6,14H2. The lowest BCUT2D eigenvalue weighted by Gasteiger charge is -2.08. The van der Waals surface area contributed by atoms with Crippen molar-refractivity contribution >= 4 is 50.4 Å². The zero-order valence-electron chi connectivity index (χ0n) is 9.11. The van der Waals surface area contributed by atoms with E-state index in [1.165, 1.54) is 27.5 Å². The molecule has 0 saturated heterocycles. The van der Waals surface area contributed by atoms with Gasteiger partial charge in [-0.15, -0.1) is 22.7 Å². The number of halogens is 1. The monoisotopic (exact) mass is 345 g/mol. The van der Waals surface area contributed by atoms with Crippen LogP contribution in [0.5, 0.6) is 0 Å². The second kappa shape index (κ2) is 5.05. The van der Waals surface area contributed by atoms with E-state index in [2.05, 4.69) is 33.4 Å². The van der Waals surface area contributed by atoms with Gasteiger partial charge in [-0.3, -0.25) is 0 Å². The quantitative estimate of drug-likeness (QED) is 0.872. The van der Waals surface area contributed by atoms with Crippen molar-refractivity contribution in [2.45, 2.75) is 18.2 Å². The van der Waals surface area contributed by atoms with Crippen LogP contribution in [0.1, 0.15) is 26.2 Å². The van der Waals surface area contributed by atoms with E-state index in [-0.39, 0.29) is 6.04 Å². The van der Waals surface area contributed by atoms with Gasteiger partial charge in [0.15, 0.2) is 0 Å². The summed E-state index contributed by atoms with van der Waals surface area (Å²) in [5.41, 5.74) is 7.86. The molecule has 17 heavy (non-hydrogen) atoms. The maximum Gasteiger partial charge on any atom is 0.0751 e. The van der Waals surface area contributed by atoms with Gasteiger partial charge in [0.2, 0.25) is 0 Å². The molecule has 1 aliphatic rings. The Hall–Kier alpha value is 0.190. The smallest absolute Gasteiger partial charge is 0.0751 e. The number of nitrogens with two attached hydrogens (primary N) is 1. The van der Waals surface area contributed by atoms with E-state index in [9.17, 15) is 0 Å². The molecule has 5 heteroatoms. The van der Waals surface area contributed by atoms with Gasteiger partial charge in [0.05, 0.1) is 6.04 Å². The minimum absolute atomic E-state index is 0.0324. The van der Waals surface area contributed by atoms with Crippen LogP contribution < -0.4 is 5.73 Å². The number of thioether (sulfide) groups is 1. The number of fused-ring (bicyclic) bond motifs is 1. The van der Waals surface area contributed by atoms with E-state index < -0.39 is 0 Å². The molecule has 1 atom stereocenters. The molecular weight excluding hydrogens is 334 g/mol. The topological polar surface area (TPSA) is 26.0 Å². The highest BCUT2D eigenvalue weighted by atomic mass is 79.9. The lowest BCUT2D eigenvalue weighted by Crippen LogP contribution is -2.08. The fourth-order valence-electron chi connectivity index (χ4n) is 1.98. The molecule has 2 aromatic rings. The molecule has 3 heterocycles. The van der Waals surface area contributed by atoms with Gasteiger partial charge in [0, 0.05) is 24.9 Å². The van der Waals surface area contributed by atoms with Crippen molar-refractivity contribution in [2.75, 3.05) is 5.75 Å². The van der Waals surface area contributed by atoms with Crippen LogP contribution in [0.4, 0.5) is 0 Å². The zero-order valence-corrected chi connectivity index (χ0v) is 13.1. The van der Waals surface area contributed by atoms with Crippen LogP contribution in [0.3, 0.4) is 0 Å². The van der Waals surface area contributed by atoms with Crippen molar-refractivity contribution < 1.29 is 0 Å². The summed E-state index contributed by atoms with van der Waals surface area (Å²) < 4.78 is 1.13. The molecule has 0 aromatic carbocycles. The van der Waals surface area contributed by atoms with E-state index in [4.69, 9.17) is 5.73 Å². The third-order valence-electron chi connectivity index (χ3n) is 2.88. The van der Waals surface area contributed by atoms with Crippen molar-refractivity contribution in [3.8, 4) is 0 Å². The van der Waals surface area contributed by atoms with Crippen LogP contribution >= 0.6 is 50.4 Å². The molecule has 2 N–H and O–H groups in total. The molecule has 0 spiro atoms. The van der Waals surface area contributed by atoms with Gasteiger partial charge in [-0.2, -0.15) is 11.8 Å². The predicted molar refractivity (Wildman–Crippen MR) is 82.2 cm³/mol. The summed E-state index contributed by atoms with van der Waals surface area (Å²) in [6.45, 7) is 0. The molecule has 0 amide bonds. The fraction of sp³-hybridized carbons (Fsp3) is 0.333. The average Bonchev–Trinajstić information content (AvgIpc) is 2.93. The SMILES string of the molecule is NC(c1cc2c(s1)CCSC2)c1sccc1Br. The average molecular weight is 346 g/mol. The zero-order chi connectivity index (χ0) is 11.8. The van der Waals surface area contributed by atoms with Gasteiger partial charge >= 0.3 is 0 Å². The molecule has 0 fully saturated rings. The first-order valence-corrected chi connectivity index (χ1v) is 9.08. The predicted octanol–water partition coefficient (Wildman–Crippen LogP) is 4.41. The summed E-state index contributed by atoms with van der Waals surface area (Å²) in [5, 5.41) is 2.09. The first-order chi connectivity index (χ1) is 8.25. The summed E-state index contributed by atoms with van der Waals surface area (Å²) in [6, 6.07) is 4.41. The minimum atomic E-state index is 0.0324. The number of rotatable bonds is 2. The van der Waals surface area contributed by atoms with Crippen molar-refractivity contribution in [3.63, 3.8) is 0 Å². The molecule has 0 saturated carbocycles. The highest BCUT2D eigenvalue weighted by Crippen LogP contribution is 2.38. The molecule has 90 valence electrons. The second-order valence-corrected chi connectivity index (χ2v) is 8.09. The van der Waals surface area contributed by atoms with Crippen LogP contribution in [0.2, 0.25) is 0 Å². The molecule has 1 aliphatic heterocycles. The summed E-state index contributed by atoms with van der Waals surface area (Å²) in [4.78, 5) is 4.08. The lowest BCUT2D eigenvalue weighted by atomic mass is 10.1. The Morgan fingerprint density at radius 3 is 3.00 bits per heavy atom. The first kappa shape index (κ1) is 12.2. The van der Waals surface area contributed by atoms with E-state index >= 15 is 0 Å². The van der Waals surface area contributed by atoms with Crippen LogP contribution in [0, 0.1) is 0 Å². The lowest BCUT2D eigenvalue weighted by molar-refractivity contribution is 0.911. The Morgan fingerprint density at radius 1 is 1.41 bits per heavy atom. The molecule has 3 rings (SSSR count).